The molecule has 2 aromatic carbocycles. The van der Waals surface area contributed by atoms with Crippen molar-refractivity contribution in [1.82, 2.24) is 0 Å². The van der Waals surface area contributed by atoms with E-state index in [2.05, 4.69) is 18.3 Å². The summed E-state index contributed by atoms with van der Waals surface area (Å²) in [6, 6.07) is 12.6. The average molecular weight is 290 g/mol. The summed E-state index contributed by atoms with van der Waals surface area (Å²) in [5.74, 6) is 0.549. The maximum atomic E-state index is 11.8. The predicted octanol–water partition coefficient (Wildman–Crippen LogP) is 4.82. The van der Waals surface area contributed by atoms with Crippen LogP contribution in [-0.2, 0) is 6.42 Å². The van der Waals surface area contributed by atoms with Crippen LogP contribution in [0.25, 0.3) is 0 Å². The van der Waals surface area contributed by atoms with E-state index >= 15 is 0 Å². The second kappa shape index (κ2) is 6.44. The number of carbonyl (C=O) groups excluding carboxylic acids is 1. The van der Waals surface area contributed by atoms with Gasteiger partial charge in [-0.25, -0.2) is 4.79 Å². The molecule has 0 aliphatic rings. The SMILES string of the molecule is CCc1cc(C)cc(OC(=O)Nc2ccc(Cl)cc2)c1. The van der Waals surface area contributed by atoms with Crippen LogP contribution < -0.4 is 10.1 Å². The Balaban J connectivity index is 2.04. The summed E-state index contributed by atoms with van der Waals surface area (Å²) in [7, 11) is 0. The standard InChI is InChI=1S/C16H16ClNO2/c1-3-12-8-11(2)9-15(10-12)20-16(19)18-14-6-4-13(17)5-7-14/h4-10H,3H2,1-2H3,(H,18,19). The van der Waals surface area contributed by atoms with E-state index in [1.807, 2.05) is 19.1 Å². The number of carbonyl (C=O) groups is 1. The van der Waals surface area contributed by atoms with Crippen LogP contribution in [0.5, 0.6) is 5.75 Å². The van der Waals surface area contributed by atoms with Gasteiger partial charge in [0, 0.05) is 10.7 Å². The van der Waals surface area contributed by atoms with Gasteiger partial charge in [-0.15, -0.1) is 0 Å². The van der Waals surface area contributed by atoms with Crippen LogP contribution in [0, 0.1) is 6.92 Å². The fourth-order valence-electron chi connectivity index (χ4n) is 1.87. The number of nitrogens with one attached hydrogen (secondary N) is 1. The molecule has 0 saturated heterocycles. The molecule has 0 spiro atoms. The minimum Gasteiger partial charge on any atom is -0.410 e. The lowest BCUT2D eigenvalue weighted by Crippen LogP contribution is -2.16. The van der Waals surface area contributed by atoms with Gasteiger partial charge < -0.3 is 4.74 Å². The monoisotopic (exact) mass is 289 g/mol. The zero-order valence-electron chi connectivity index (χ0n) is 11.4. The first-order valence-corrected chi connectivity index (χ1v) is 6.79. The Labute approximate surface area is 123 Å². The number of ether oxygens (including phenoxy) is 1. The van der Waals surface area contributed by atoms with Gasteiger partial charge in [-0.1, -0.05) is 24.6 Å². The Morgan fingerprint density at radius 3 is 2.55 bits per heavy atom. The lowest BCUT2D eigenvalue weighted by atomic mass is 10.1. The first-order valence-electron chi connectivity index (χ1n) is 6.42. The Morgan fingerprint density at radius 2 is 1.90 bits per heavy atom. The summed E-state index contributed by atoms with van der Waals surface area (Å²) in [5.41, 5.74) is 2.85. The highest BCUT2D eigenvalue weighted by Crippen LogP contribution is 2.19. The summed E-state index contributed by atoms with van der Waals surface area (Å²) in [4.78, 5) is 11.8. The van der Waals surface area contributed by atoms with Crippen molar-refractivity contribution in [3.05, 3.63) is 58.6 Å². The van der Waals surface area contributed by atoms with E-state index in [4.69, 9.17) is 16.3 Å². The van der Waals surface area contributed by atoms with Crippen LogP contribution in [-0.4, -0.2) is 6.09 Å². The molecule has 0 bridgehead atoms. The molecule has 104 valence electrons. The molecule has 0 fully saturated rings. The Bertz CT molecular complexity index is 608. The molecule has 2 rings (SSSR count). The highest BCUT2D eigenvalue weighted by atomic mass is 35.5. The van der Waals surface area contributed by atoms with Gasteiger partial charge in [-0.3, -0.25) is 5.32 Å². The molecular formula is C16H16ClNO2. The highest BCUT2D eigenvalue weighted by molar-refractivity contribution is 6.30. The third-order valence-corrected chi connectivity index (χ3v) is 3.07. The van der Waals surface area contributed by atoms with Crippen LogP contribution >= 0.6 is 11.6 Å². The Kier molecular flexibility index (Phi) is 4.64. The molecule has 0 unspecified atom stereocenters. The zero-order chi connectivity index (χ0) is 14.5. The van der Waals surface area contributed by atoms with E-state index < -0.39 is 6.09 Å². The van der Waals surface area contributed by atoms with E-state index in [1.54, 1.807) is 24.3 Å². The van der Waals surface area contributed by atoms with Gasteiger partial charge in [0.2, 0.25) is 0 Å². The normalized spacial score (nSPS) is 10.2. The van der Waals surface area contributed by atoms with Crippen molar-refractivity contribution in [2.75, 3.05) is 5.32 Å². The maximum absolute atomic E-state index is 11.8. The smallest absolute Gasteiger partial charge is 0.410 e. The zero-order valence-corrected chi connectivity index (χ0v) is 12.2. The molecule has 0 aliphatic heterocycles. The summed E-state index contributed by atoms with van der Waals surface area (Å²) in [5, 5.41) is 3.28. The molecule has 1 amide bonds. The molecule has 20 heavy (non-hydrogen) atoms. The molecule has 0 saturated carbocycles. The lowest BCUT2D eigenvalue weighted by molar-refractivity contribution is 0.215. The van der Waals surface area contributed by atoms with Crippen molar-refractivity contribution in [1.29, 1.82) is 0 Å². The largest absolute Gasteiger partial charge is 0.417 e. The topological polar surface area (TPSA) is 38.3 Å². The van der Waals surface area contributed by atoms with Gasteiger partial charge in [-0.05, 0) is 60.9 Å². The van der Waals surface area contributed by atoms with Gasteiger partial charge >= 0.3 is 6.09 Å². The number of benzene rings is 2. The second-order valence-electron chi connectivity index (χ2n) is 4.53. The van der Waals surface area contributed by atoms with Crippen molar-refractivity contribution in [3.8, 4) is 5.75 Å². The molecule has 4 heteroatoms. The third kappa shape index (κ3) is 4.00. The van der Waals surface area contributed by atoms with Gasteiger partial charge in [0.05, 0.1) is 0 Å². The molecule has 0 heterocycles. The number of hydrogen-bond donors (Lipinski definition) is 1. The Hall–Kier alpha value is -2.00. The van der Waals surface area contributed by atoms with E-state index in [-0.39, 0.29) is 0 Å². The number of rotatable bonds is 3. The van der Waals surface area contributed by atoms with Crippen LogP contribution in [0.2, 0.25) is 5.02 Å². The number of anilines is 1. The number of aryl methyl sites for hydroxylation is 2. The van der Waals surface area contributed by atoms with Crippen molar-refractivity contribution >= 4 is 23.4 Å². The van der Waals surface area contributed by atoms with Crippen molar-refractivity contribution in [2.45, 2.75) is 20.3 Å². The van der Waals surface area contributed by atoms with E-state index in [0.717, 1.165) is 17.5 Å². The van der Waals surface area contributed by atoms with Gasteiger partial charge in [0.25, 0.3) is 0 Å². The molecular weight excluding hydrogens is 274 g/mol. The fraction of sp³-hybridized carbons (Fsp3) is 0.188. The molecule has 1 N–H and O–H groups in total. The molecule has 0 radical (unpaired) electrons. The minimum atomic E-state index is -0.514. The van der Waals surface area contributed by atoms with Crippen molar-refractivity contribution in [3.63, 3.8) is 0 Å². The average Bonchev–Trinajstić information content (AvgIpc) is 2.40. The van der Waals surface area contributed by atoms with Gasteiger partial charge in [0.1, 0.15) is 5.75 Å². The molecule has 2 aromatic rings. The number of halogens is 1. The second-order valence-corrected chi connectivity index (χ2v) is 4.97. The summed E-state index contributed by atoms with van der Waals surface area (Å²) >= 11 is 5.78. The molecule has 3 nitrogen and oxygen atoms in total. The van der Waals surface area contributed by atoms with Gasteiger partial charge in [-0.2, -0.15) is 0 Å². The van der Waals surface area contributed by atoms with E-state index in [0.29, 0.717) is 16.5 Å². The van der Waals surface area contributed by atoms with Crippen LogP contribution in [0.15, 0.2) is 42.5 Å². The highest BCUT2D eigenvalue weighted by Gasteiger charge is 2.06. The fourth-order valence-corrected chi connectivity index (χ4v) is 2.00. The van der Waals surface area contributed by atoms with E-state index in [9.17, 15) is 4.79 Å². The summed E-state index contributed by atoms with van der Waals surface area (Å²) < 4.78 is 5.29. The quantitative estimate of drug-likeness (QED) is 0.879. The van der Waals surface area contributed by atoms with Crippen LogP contribution in [0.3, 0.4) is 0 Å². The van der Waals surface area contributed by atoms with Gasteiger partial charge in [0.15, 0.2) is 0 Å². The van der Waals surface area contributed by atoms with Crippen molar-refractivity contribution < 1.29 is 9.53 Å². The van der Waals surface area contributed by atoms with Crippen LogP contribution in [0.4, 0.5) is 10.5 Å². The summed E-state index contributed by atoms with van der Waals surface area (Å²) in [6.45, 7) is 4.04. The molecule has 0 aliphatic carbocycles. The molecule has 0 aromatic heterocycles. The number of hydrogen-bond acceptors (Lipinski definition) is 2. The first kappa shape index (κ1) is 14.4. The first-order chi connectivity index (χ1) is 9.56. The predicted molar refractivity (Wildman–Crippen MR) is 81.7 cm³/mol. The van der Waals surface area contributed by atoms with E-state index in [1.165, 1.54) is 0 Å². The lowest BCUT2D eigenvalue weighted by Gasteiger charge is -2.09. The molecule has 0 atom stereocenters. The summed E-state index contributed by atoms with van der Waals surface area (Å²) in [6.07, 6.45) is 0.386. The minimum absolute atomic E-state index is 0.514. The maximum Gasteiger partial charge on any atom is 0.417 e. The van der Waals surface area contributed by atoms with Crippen LogP contribution in [0.1, 0.15) is 18.1 Å². The third-order valence-electron chi connectivity index (χ3n) is 2.82. The Morgan fingerprint density at radius 1 is 1.20 bits per heavy atom. The number of amides is 1. The van der Waals surface area contributed by atoms with Crippen molar-refractivity contribution in [2.24, 2.45) is 0 Å².